The Morgan fingerprint density at radius 3 is 2.43 bits per heavy atom. The van der Waals surface area contributed by atoms with Crippen molar-refractivity contribution in [3.05, 3.63) is 69.8 Å². The lowest BCUT2D eigenvalue weighted by atomic mass is 10.1. The summed E-state index contributed by atoms with van der Waals surface area (Å²) in [6, 6.07) is 14.1. The van der Waals surface area contributed by atoms with Crippen LogP contribution in [0.2, 0.25) is 10.0 Å². The molecule has 0 bridgehead atoms. The van der Waals surface area contributed by atoms with Crippen molar-refractivity contribution in [3.8, 4) is 0 Å². The first-order chi connectivity index (χ1) is 10.2. The van der Waals surface area contributed by atoms with E-state index in [4.69, 9.17) is 23.2 Å². The van der Waals surface area contributed by atoms with E-state index in [0.29, 0.717) is 16.6 Å². The van der Waals surface area contributed by atoms with E-state index in [9.17, 15) is 0 Å². The number of fused-ring (bicyclic) bond motifs is 1. The molecule has 0 atom stereocenters. The van der Waals surface area contributed by atoms with Gasteiger partial charge in [-0.05, 0) is 36.2 Å². The number of benzene rings is 2. The van der Waals surface area contributed by atoms with Crippen LogP contribution in [0.5, 0.6) is 0 Å². The Labute approximate surface area is 134 Å². The fourth-order valence-corrected chi connectivity index (χ4v) is 3.18. The quantitative estimate of drug-likeness (QED) is 0.736. The van der Waals surface area contributed by atoms with E-state index in [1.165, 1.54) is 16.5 Å². The molecule has 3 rings (SSSR count). The second-order valence-corrected chi connectivity index (χ2v) is 5.84. The molecular formula is C17H16Cl2N2. The number of hydrogen-bond acceptors (Lipinski definition) is 1. The monoisotopic (exact) mass is 318 g/mol. The van der Waals surface area contributed by atoms with Crippen molar-refractivity contribution in [3.63, 3.8) is 0 Å². The van der Waals surface area contributed by atoms with Gasteiger partial charge in [0, 0.05) is 28.4 Å². The highest BCUT2D eigenvalue weighted by Crippen LogP contribution is 2.28. The Morgan fingerprint density at radius 2 is 1.71 bits per heavy atom. The van der Waals surface area contributed by atoms with Crippen LogP contribution in [-0.4, -0.2) is 11.6 Å². The average molecular weight is 319 g/mol. The molecule has 1 N–H and O–H groups in total. The van der Waals surface area contributed by atoms with Crippen LogP contribution in [0.4, 0.5) is 0 Å². The molecule has 0 spiro atoms. The van der Waals surface area contributed by atoms with Gasteiger partial charge in [-0.25, -0.2) is 0 Å². The highest BCUT2D eigenvalue weighted by Gasteiger charge is 2.10. The summed E-state index contributed by atoms with van der Waals surface area (Å²) < 4.78 is 2.20. The van der Waals surface area contributed by atoms with E-state index in [2.05, 4.69) is 40.3 Å². The maximum absolute atomic E-state index is 6.29. The van der Waals surface area contributed by atoms with E-state index >= 15 is 0 Å². The predicted octanol–water partition coefficient (Wildman–Crippen LogP) is 4.72. The Morgan fingerprint density at radius 1 is 1.00 bits per heavy atom. The molecule has 4 heteroatoms. The van der Waals surface area contributed by atoms with E-state index in [1.807, 2.05) is 25.2 Å². The molecule has 1 heterocycles. The molecule has 0 saturated heterocycles. The van der Waals surface area contributed by atoms with Crippen LogP contribution in [-0.2, 0) is 13.1 Å². The molecule has 2 aromatic carbocycles. The topological polar surface area (TPSA) is 17.0 Å². The summed E-state index contributed by atoms with van der Waals surface area (Å²) in [5.41, 5.74) is 3.45. The molecular weight excluding hydrogens is 303 g/mol. The molecule has 0 saturated carbocycles. The molecule has 0 aliphatic heterocycles. The molecule has 2 nitrogen and oxygen atoms in total. The number of halogens is 2. The zero-order valence-corrected chi connectivity index (χ0v) is 13.2. The fraction of sp³-hybridized carbons (Fsp3) is 0.176. The molecule has 108 valence electrons. The average Bonchev–Trinajstić information content (AvgIpc) is 2.88. The van der Waals surface area contributed by atoms with Gasteiger partial charge in [-0.2, -0.15) is 0 Å². The normalized spacial score (nSPS) is 11.2. The third kappa shape index (κ3) is 2.80. The van der Waals surface area contributed by atoms with Crippen LogP contribution >= 0.6 is 23.2 Å². The molecule has 0 aliphatic carbocycles. The standard InChI is InChI=1S/C17H16Cl2N2/c1-20-10-13-5-2-4-12-8-9-21(17(12)13)11-14-15(18)6-3-7-16(14)19/h2-9,20H,10-11H2,1H3. The van der Waals surface area contributed by atoms with Crippen LogP contribution in [0.1, 0.15) is 11.1 Å². The second kappa shape index (κ2) is 6.10. The zero-order chi connectivity index (χ0) is 14.8. The van der Waals surface area contributed by atoms with Crippen molar-refractivity contribution >= 4 is 34.1 Å². The SMILES string of the molecule is CNCc1cccc2ccn(Cc3c(Cl)cccc3Cl)c12. The van der Waals surface area contributed by atoms with Gasteiger partial charge < -0.3 is 9.88 Å². The van der Waals surface area contributed by atoms with Crippen LogP contribution in [0.3, 0.4) is 0 Å². The molecule has 3 aromatic rings. The van der Waals surface area contributed by atoms with E-state index in [0.717, 1.165) is 12.1 Å². The maximum Gasteiger partial charge on any atom is 0.0529 e. The summed E-state index contributed by atoms with van der Waals surface area (Å²) >= 11 is 12.6. The molecule has 1 aromatic heterocycles. The Hall–Kier alpha value is -1.48. The summed E-state index contributed by atoms with van der Waals surface area (Å²) in [5.74, 6) is 0. The highest BCUT2D eigenvalue weighted by molar-refractivity contribution is 6.36. The van der Waals surface area contributed by atoms with Crippen molar-refractivity contribution in [2.24, 2.45) is 0 Å². The van der Waals surface area contributed by atoms with Crippen molar-refractivity contribution in [2.75, 3.05) is 7.05 Å². The second-order valence-electron chi connectivity index (χ2n) is 5.03. The fourth-order valence-electron chi connectivity index (χ4n) is 2.66. The minimum atomic E-state index is 0.669. The maximum atomic E-state index is 6.29. The summed E-state index contributed by atoms with van der Waals surface area (Å²) in [6.07, 6.45) is 2.09. The van der Waals surface area contributed by atoms with Gasteiger partial charge in [0.1, 0.15) is 0 Å². The molecule has 0 radical (unpaired) electrons. The van der Waals surface area contributed by atoms with Crippen molar-refractivity contribution in [1.82, 2.24) is 9.88 Å². The predicted molar refractivity (Wildman–Crippen MR) is 90.3 cm³/mol. The molecule has 0 aliphatic rings. The summed E-state index contributed by atoms with van der Waals surface area (Å²) in [4.78, 5) is 0. The minimum absolute atomic E-state index is 0.669. The first kappa shape index (κ1) is 14.5. The van der Waals surface area contributed by atoms with E-state index in [-0.39, 0.29) is 0 Å². The number of rotatable bonds is 4. The molecule has 0 unspecified atom stereocenters. The minimum Gasteiger partial charge on any atom is -0.343 e. The number of aromatic nitrogens is 1. The van der Waals surface area contributed by atoms with Gasteiger partial charge in [-0.1, -0.05) is 47.5 Å². The smallest absolute Gasteiger partial charge is 0.0529 e. The van der Waals surface area contributed by atoms with Crippen LogP contribution in [0.25, 0.3) is 10.9 Å². The van der Waals surface area contributed by atoms with Gasteiger partial charge in [-0.3, -0.25) is 0 Å². The zero-order valence-electron chi connectivity index (χ0n) is 11.7. The Kier molecular flexibility index (Phi) is 4.20. The lowest BCUT2D eigenvalue weighted by Gasteiger charge is -2.12. The van der Waals surface area contributed by atoms with Gasteiger partial charge in [0.15, 0.2) is 0 Å². The van der Waals surface area contributed by atoms with Crippen molar-refractivity contribution < 1.29 is 0 Å². The number of nitrogens with one attached hydrogen (secondary N) is 1. The third-order valence-corrected chi connectivity index (χ3v) is 4.34. The van der Waals surface area contributed by atoms with Crippen molar-refractivity contribution in [2.45, 2.75) is 13.1 Å². The highest BCUT2D eigenvalue weighted by atomic mass is 35.5. The van der Waals surface area contributed by atoms with Crippen LogP contribution < -0.4 is 5.32 Å². The van der Waals surface area contributed by atoms with E-state index < -0.39 is 0 Å². The third-order valence-electron chi connectivity index (χ3n) is 3.63. The number of nitrogens with zero attached hydrogens (tertiary/aromatic N) is 1. The Balaban J connectivity index is 2.09. The number of hydrogen-bond donors (Lipinski definition) is 1. The Bertz CT molecular complexity index is 757. The van der Waals surface area contributed by atoms with E-state index in [1.54, 1.807) is 0 Å². The summed E-state index contributed by atoms with van der Waals surface area (Å²) in [6.45, 7) is 1.50. The molecule has 0 amide bonds. The lowest BCUT2D eigenvalue weighted by Crippen LogP contribution is -2.08. The van der Waals surface area contributed by atoms with Gasteiger partial charge in [0.25, 0.3) is 0 Å². The first-order valence-corrected chi connectivity index (χ1v) is 7.60. The first-order valence-electron chi connectivity index (χ1n) is 6.85. The summed E-state index contributed by atoms with van der Waals surface area (Å²) in [7, 11) is 1.96. The largest absolute Gasteiger partial charge is 0.343 e. The van der Waals surface area contributed by atoms with Gasteiger partial charge in [0.2, 0.25) is 0 Å². The molecule has 0 fully saturated rings. The van der Waals surface area contributed by atoms with Crippen LogP contribution in [0, 0.1) is 0 Å². The molecule has 21 heavy (non-hydrogen) atoms. The van der Waals surface area contributed by atoms with Gasteiger partial charge >= 0.3 is 0 Å². The van der Waals surface area contributed by atoms with Crippen molar-refractivity contribution in [1.29, 1.82) is 0 Å². The van der Waals surface area contributed by atoms with Gasteiger partial charge in [0.05, 0.1) is 12.1 Å². The van der Waals surface area contributed by atoms with Crippen LogP contribution in [0.15, 0.2) is 48.7 Å². The van der Waals surface area contributed by atoms with Gasteiger partial charge in [-0.15, -0.1) is 0 Å². The number of para-hydroxylation sites is 1. The summed E-state index contributed by atoms with van der Waals surface area (Å²) in [5, 5.41) is 5.85. The lowest BCUT2D eigenvalue weighted by molar-refractivity contribution is 0.796.